The van der Waals surface area contributed by atoms with Crippen molar-refractivity contribution >= 4 is 5.97 Å². The molecule has 1 rings (SSSR count). The van der Waals surface area contributed by atoms with Gasteiger partial charge in [0.2, 0.25) is 0 Å². The Morgan fingerprint density at radius 1 is 1.47 bits per heavy atom. The first-order chi connectivity index (χ1) is 7.93. The van der Waals surface area contributed by atoms with Crippen molar-refractivity contribution < 1.29 is 32.1 Å². The highest BCUT2D eigenvalue weighted by atomic mass is 19.3. The summed E-state index contributed by atoms with van der Waals surface area (Å²) in [4.78, 5) is 22.3. The predicted octanol–water partition coefficient (Wildman–Crippen LogP) is 2.07. The zero-order chi connectivity index (χ0) is 12.9. The van der Waals surface area contributed by atoms with Gasteiger partial charge in [-0.2, -0.15) is 13.7 Å². The van der Waals surface area contributed by atoms with Gasteiger partial charge >= 0.3 is 18.3 Å². The van der Waals surface area contributed by atoms with E-state index in [-0.39, 0.29) is 5.56 Å². The molecule has 17 heavy (non-hydrogen) atoms. The summed E-state index contributed by atoms with van der Waals surface area (Å²) in [5.74, 6) is -5.46. The van der Waals surface area contributed by atoms with E-state index in [2.05, 4.69) is 14.8 Å². The van der Waals surface area contributed by atoms with Gasteiger partial charge in [-0.3, -0.25) is 9.87 Å². The van der Waals surface area contributed by atoms with E-state index < -0.39 is 24.9 Å². The number of halogens is 4. The lowest BCUT2D eigenvalue weighted by atomic mass is 10.3. The minimum absolute atomic E-state index is 0.0483. The van der Waals surface area contributed by atoms with Gasteiger partial charge in [0.05, 0.1) is 5.56 Å². The molecule has 0 aliphatic carbocycles. The van der Waals surface area contributed by atoms with E-state index in [1.807, 2.05) is 0 Å². The molecule has 0 radical (unpaired) electrons. The smallest absolute Gasteiger partial charge is 0.293 e. The van der Waals surface area contributed by atoms with Gasteiger partial charge in [-0.25, -0.2) is 13.6 Å². The average molecular weight is 253 g/mol. The number of alkyl halides is 4. The summed E-state index contributed by atoms with van der Waals surface area (Å²) in [6.07, 6.45) is -1.40. The minimum atomic E-state index is -4.37. The number of aromatic nitrogens is 1. The van der Waals surface area contributed by atoms with Gasteiger partial charge in [0.15, 0.2) is 6.61 Å². The Bertz CT molecular complexity index is 372. The van der Waals surface area contributed by atoms with Crippen LogP contribution >= 0.6 is 0 Å². The van der Waals surface area contributed by atoms with Crippen molar-refractivity contribution in [3.05, 3.63) is 30.1 Å². The van der Waals surface area contributed by atoms with Crippen molar-refractivity contribution in [3.8, 4) is 0 Å². The Labute approximate surface area is 93.1 Å². The molecular formula is C9H7F4NO3. The largest absolute Gasteiger partial charge is 0.374 e. The first-order valence-electron chi connectivity index (χ1n) is 4.33. The third-order valence-electron chi connectivity index (χ3n) is 1.60. The number of carbonyl (C=O) groups excluding carboxylic acids is 1. The third-order valence-corrected chi connectivity index (χ3v) is 1.60. The summed E-state index contributed by atoms with van der Waals surface area (Å²) >= 11 is 0. The number of hydrogen-bond acceptors (Lipinski definition) is 4. The third kappa shape index (κ3) is 3.99. The molecule has 0 amide bonds. The number of hydrogen-bond donors (Lipinski definition) is 0. The van der Waals surface area contributed by atoms with Crippen LogP contribution in [0.5, 0.6) is 0 Å². The second-order valence-corrected chi connectivity index (χ2v) is 2.94. The van der Waals surface area contributed by atoms with E-state index in [0.29, 0.717) is 0 Å². The summed E-state index contributed by atoms with van der Waals surface area (Å²) in [6, 6.07) is 2.70. The Morgan fingerprint density at radius 3 is 2.71 bits per heavy atom. The highest BCUT2D eigenvalue weighted by Crippen LogP contribution is 2.22. The molecule has 0 aliphatic rings. The van der Waals surface area contributed by atoms with Gasteiger partial charge < -0.3 is 0 Å². The lowest BCUT2D eigenvalue weighted by Crippen LogP contribution is -2.32. The van der Waals surface area contributed by atoms with Crippen LogP contribution in [0, 0.1) is 0 Å². The van der Waals surface area contributed by atoms with Gasteiger partial charge in [0.25, 0.3) is 0 Å². The van der Waals surface area contributed by atoms with Crippen LogP contribution in [0.15, 0.2) is 24.5 Å². The second-order valence-electron chi connectivity index (χ2n) is 2.94. The summed E-state index contributed by atoms with van der Waals surface area (Å²) in [7, 11) is 0. The molecule has 4 nitrogen and oxygen atoms in total. The van der Waals surface area contributed by atoms with Crippen LogP contribution in [0.1, 0.15) is 10.4 Å². The standard InChI is InChI=1S/C9H7F4NO3/c10-8(11)9(12,13)5-16-17-7(15)6-2-1-3-14-4-6/h1-4,8H,5H2. The molecule has 1 aromatic heterocycles. The molecular weight excluding hydrogens is 246 g/mol. The Kier molecular flexibility index (Phi) is 4.38. The van der Waals surface area contributed by atoms with E-state index in [1.54, 1.807) is 0 Å². The molecule has 0 saturated heterocycles. The maximum absolute atomic E-state index is 12.3. The fourth-order valence-corrected chi connectivity index (χ4v) is 0.756. The lowest BCUT2D eigenvalue weighted by Gasteiger charge is -2.13. The fourth-order valence-electron chi connectivity index (χ4n) is 0.756. The summed E-state index contributed by atoms with van der Waals surface area (Å²) in [5, 5.41) is 0. The monoisotopic (exact) mass is 253 g/mol. The van der Waals surface area contributed by atoms with E-state index in [9.17, 15) is 22.4 Å². The Hall–Kier alpha value is -1.70. The number of nitrogens with zero attached hydrogens (tertiary/aromatic N) is 1. The van der Waals surface area contributed by atoms with E-state index >= 15 is 0 Å². The summed E-state index contributed by atoms with van der Waals surface area (Å²) < 4.78 is 48.0. The van der Waals surface area contributed by atoms with Gasteiger partial charge in [-0.1, -0.05) is 0 Å². The minimum Gasteiger partial charge on any atom is -0.293 e. The molecule has 0 unspecified atom stereocenters. The molecule has 0 bridgehead atoms. The topological polar surface area (TPSA) is 48.4 Å². The van der Waals surface area contributed by atoms with Gasteiger partial charge in [-0.05, 0) is 12.1 Å². The summed E-state index contributed by atoms with van der Waals surface area (Å²) in [6.45, 7) is -1.71. The predicted molar refractivity (Wildman–Crippen MR) is 46.6 cm³/mol. The van der Waals surface area contributed by atoms with Crippen LogP contribution in [0.3, 0.4) is 0 Å². The summed E-state index contributed by atoms with van der Waals surface area (Å²) in [5.41, 5.74) is -0.0483. The van der Waals surface area contributed by atoms with Gasteiger partial charge in [-0.15, -0.1) is 0 Å². The SMILES string of the molecule is O=C(OOCC(F)(F)C(F)F)c1cccnc1. The highest BCUT2D eigenvalue weighted by Gasteiger charge is 2.42. The molecule has 0 fully saturated rings. The Balaban J connectivity index is 2.40. The van der Waals surface area contributed by atoms with Crippen molar-refractivity contribution in [3.63, 3.8) is 0 Å². The van der Waals surface area contributed by atoms with Crippen LogP contribution in [-0.4, -0.2) is 29.9 Å². The maximum atomic E-state index is 12.3. The quantitative estimate of drug-likeness (QED) is 0.458. The van der Waals surface area contributed by atoms with Crippen LogP contribution in [0.4, 0.5) is 17.6 Å². The normalized spacial score (nSPS) is 11.6. The van der Waals surface area contributed by atoms with Gasteiger partial charge in [0, 0.05) is 12.4 Å². The molecule has 0 N–H and O–H groups in total. The molecule has 0 aliphatic heterocycles. The van der Waals surface area contributed by atoms with Crippen molar-refractivity contribution in [2.45, 2.75) is 12.3 Å². The highest BCUT2D eigenvalue weighted by molar-refractivity contribution is 5.88. The average Bonchev–Trinajstić information content (AvgIpc) is 2.29. The van der Waals surface area contributed by atoms with E-state index in [0.717, 1.165) is 6.20 Å². The molecule has 8 heteroatoms. The van der Waals surface area contributed by atoms with E-state index in [4.69, 9.17) is 0 Å². The Morgan fingerprint density at radius 2 is 2.18 bits per heavy atom. The molecule has 94 valence electrons. The number of pyridine rings is 1. The number of rotatable bonds is 5. The van der Waals surface area contributed by atoms with Crippen molar-refractivity contribution in [1.82, 2.24) is 4.98 Å². The molecule has 0 spiro atoms. The zero-order valence-corrected chi connectivity index (χ0v) is 8.28. The molecule has 1 aromatic rings. The van der Waals surface area contributed by atoms with Crippen LogP contribution in [0.2, 0.25) is 0 Å². The van der Waals surface area contributed by atoms with Crippen LogP contribution in [0.25, 0.3) is 0 Å². The molecule has 1 heterocycles. The van der Waals surface area contributed by atoms with Crippen LogP contribution in [-0.2, 0) is 9.78 Å². The van der Waals surface area contributed by atoms with Crippen molar-refractivity contribution in [2.75, 3.05) is 6.61 Å². The molecule has 0 atom stereocenters. The fraction of sp³-hybridized carbons (Fsp3) is 0.333. The molecule has 0 saturated carbocycles. The van der Waals surface area contributed by atoms with Gasteiger partial charge in [0.1, 0.15) is 0 Å². The number of carbonyl (C=O) groups is 1. The molecule has 0 aromatic carbocycles. The second kappa shape index (κ2) is 5.58. The van der Waals surface area contributed by atoms with Crippen LogP contribution < -0.4 is 0 Å². The lowest BCUT2D eigenvalue weighted by molar-refractivity contribution is -0.293. The van der Waals surface area contributed by atoms with E-state index in [1.165, 1.54) is 18.3 Å². The van der Waals surface area contributed by atoms with Crippen molar-refractivity contribution in [1.29, 1.82) is 0 Å². The first kappa shape index (κ1) is 13.4. The van der Waals surface area contributed by atoms with Crippen molar-refractivity contribution in [2.24, 2.45) is 0 Å². The maximum Gasteiger partial charge on any atom is 0.374 e. The zero-order valence-electron chi connectivity index (χ0n) is 8.28. The first-order valence-corrected chi connectivity index (χ1v) is 4.33.